The maximum absolute atomic E-state index is 11.4. The third-order valence-electron chi connectivity index (χ3n) is 1.85. The second-order valence-corrected chi connectivity index (χ2v) is 2.89. The molecule has 2 rings (SSSR count). The maximum Gasteiger partial charge on any atom is 0.391 e. The number of nitrogens with zero attached hydrogens (tertiary/aromatic N) is 1. The molecule has 0 atom stereocenters. The summed E-state index contributed by atoms with van der Waals surface area (Å²) in [6.07, 6.45) is 6.30. The Morgan fingerprint density at radius 3 is 2.56 bits per heavy atom. The molecule has 1 radical (unpaired) electrons. The normalized spacial score (nSPS) is 17.6. The number of allylic oxidation sites excluding steroid dienone is 4. The van der Waals surface area contributed by atoms with Gasteiger partial charge in [-0.25, -0.2) is 9.79 Å². The molecule has 0 amide bonds. The van der Waals surface area contributed by atoms with Crippen LogP contribution in [0.5, 0.6) is 0 Å². The van der Waals surface area contributed by atoms with Crippen molar-refractivity contribution >= 4 is 17.8 Å². The van der Waals surface area contributed by atoms with Crippen molar-refractivity contribution in [2.75, 3.05) is 13.2 Å². The molecule has 2 aliphatic rings. The van der Waals surface area contributed by atoms with Crippen molar-refractivity contribution in [3.63, 3.8) is 0 Å². The van der Waals surface area contributed by atoms with Crippen LogP contribution in [0.25, 0.3) is 0 Å². The standard InChI is InChI=1S/C10H8NO4.Ru/c12-8(7-3-1-2-4-7)9(13)15-10-11-5-6-14-10;/h1-4H,5-6H2;. The first kappa shape index (κ1) is 12.8. The molecule has 0 unspecified atom stereocenters. The quantitative estimate of drug-likeness (QED) is 0.415. The number of ketones is 1. The number of hydrogen-bond acceptors (Lipinski definition) is 5. The fourth-order valence-corrected chi connectivity index (χ4v) is 1.15. The van der Waals surface area contributed by atoms with Crippen LogP contribution in [0.2, 0.25) is 0 Å². The topological polar surface area (TPSA) is 65.0 Å². The molecule has 0 aromatic rings. The van der Waals surface area contributed by atoms with Gasteiger partial charge < -0.3 is 9.47 Å². The van der Waals surface area contributed by atoms with Crippen LogP contribution in [-0.2, 0) is 38.5 Å². The van der Waals surface area contributed by atoms with E-state index in [1.165, 1.54) is 0 Å². The van der Waals surface area contributed by atoms with Gasteiger partial charge in [-0.15, -0.1) is 0 Å². The molecule has 0 aromatic carbocycles. The molecule has 5 nitrogen and oxygen atoms in total. The van der Waals surface area contributed by atoms with Crippen LogP contribution in [0.3, 0.4) is 0 Å². The molecule has 6 heteroatoms. The van der Waals surface area contributed by atoms with Crippen molar-refractivity contribution in [3.8, 4) is 0 Å². The van der Waals surface area contributed by atoms with Crippen molar-refractivity contribution in [1.82, 2.24) is 0 Å². The van der Waals surface area contributed by atoms with Crippen LogP contribution < -0.4 is 0 Å². The SMILES string of the molecule is O=C(OC1=NCCO1)C(=O)[C]1C=CC=C1.[Ru]. The fourth-order valence-electron chi connectivity index (χ4n) is 1.15. The van der Waals surface area contributed by atoms with Gasteiger partial charge in [0.1, 0.15) is 6.61 Å². The Morgan fingerprint density at radius 2 is 2.00 bits per heavy atom. The van der Waals surface area contributed by atoms with Gasteiger partial charge >= 0.3 is 12.1 Å². The van der Waals surface area contributed by atoms with E-state index in [2.05, 4.69) is 9.73 Å². The van der Waals surface area contributed by atoms with Crippen LogP contribution in [0.4, 0.5) is 0 Å². The molecular weight excluding hydrogens is 299 g/mol. The Labute approximate surface area is 105 Å². The van der Waals surface area contributed by atoms with Crippen molar-refractivity contribution in [1.29, 1.82) is 0 Å². The van der Waals surface area contributed by atoms with Gasteiger partial charge in [0.25, 0.3) is 5.78 Å². The first-order valence-electron chi connectivity index (χ1n) is 4.43. The Kier molecular flexibility index (Phi) is 4.56. The summed E-state index contributed by atoms with van der Waals surface area (Å²) in [6, 6.07) is 0. The maximum atomic E-state index is 11.4. The Bertz CT molecular complexity index is 374. The number of carbonyl (C=O) groups excluding carboxylic acids is 2. The molecule has 0 saturated carbocycles. The summed E-state index contributed by atoms with van der Waals surface area (Å²) in [5, 5.41) is 0. The number of aliphatic imine (C=N–C) groups is 1. The second kappa shape index (κ2) is 5.70. The van der Waals surface area contributed by atoms with Crippen molar-refractivity contribution in [2.45, 2.75) is 0 Å². The van der Waals surface area contributed by atoms with E-state index < -0.39 is 11.8 Å². The average molecular weight is 307 g/mol. The summed E-state index contributed by atoms with van der Waals surface area (Å²) in [5.74, 6) is -1.36. The summed E-state index contributed by atoms with van der Waals surface area (Å²) >= 11 is 0. The van der Waals surface area contributed by atoms with E-state index in [0.29, 0.717) is 19.1 Å². The van der Waals surface area contributed by atoms with E-state index >= 15 is 0 Å². The van der Waals surface area contributed by atoms with Gasteiger partial charge in [0.05, 0.1) is 12.5 Å². The zero-order chi connectivity index (χ0) is 10.7. The molecule has 1 aliphatic heterocycles. The number of rotatable bonds is 2. The van der Waals surface area contributed by atoms with Crippen molar-refractivity contribution < 1.29 is 38.5 Å². The Balaban J connectivity index is 0.00000128. The summed E-state index contributed by atoms with van der Waals surface area (Å²) in [7, 11) is 0. The second-order valence-electron chi connectivity index (χ2n) is 2.89. The zero-order valence-electron chi connectivity index (χ0n) is 8.16. The molecular formula is C10H8NO4Ru. The van der Waals surface area contributed by atoms with E-state index in [0.717, 1.165) is 0 Å². The summed E-state index contributed by atoms with van der Waals surface area (Å²) in [5.41, 5.74) is 0. The molecule has 0 N–H and O–H groups in total. The first-order chi connectivity index (χ1) is 7.27. The van der Waals surface area contributed by atoms with Gasteiger partial charge in [-0.1, -0.05) is 24.3 Å². The minimum Gasteiger partial charge on any atom is -0.448 e. The van der Waals surface area contributed by atoms with E-state index in [1.807, 2.05) is 0 Å². The van der Waals surface area contributed by atoms with E-state index in [-0.39, 0.29) is 25.6 Å². The van der Waals surface area contributed by atoms with Gasteiger partial charge in [0, 0.05) is 19.5 Å². The van der Waals surface area contributed by atoms with Crippen molar-refractivity contribution in [3.05, 3.63) is 30.2 Å². The third-order valence-corrected chi connectivity index (χ3v) is 1.85. The summed E-state index contributed by atoms with van der Waals surface area (Å²) in [4.78, 5) is 26.4. The minimum atomic E-state index is -0.971. The van der Waals surface area contributed by atoms with Gasteiger partial charge in [-0.2, -0.15) is 0 Å². The van der Waals surface area contributed by atoms with Gasteiger partial charge in [0.2, 0.25) is 0 Å². The minimum absolute atomic E-state index is 0. The smallest absolute Gasteiger partial charge is 0.391 e. The number of Topliss-reactive ketones (excluding diaryl/α,β-unsaturated/α-hetero) is 1. The monoisotopic (exact) mass is 308 g/mol. The van der Waals surface area contributed by atoms with E-state index in [9.17, 15) is 9.59 Å². The predicted octanol–water partition coefficient (Wildman–Crippen LogP) is 0.183. The number of esters is 1. The van der Waals surface area contributed by atoms with Crippen LogP contribution in [0.15, 0.2) is 29.3 Å². The predicted molar refractivity (Wildman–Crippen MR) is 50.9 cm³/mol. The molecule has 1 heterocycles. The first-order valence-corrected chi connectivity index (χ1v) is 4.43. The molecule has 1 aliphatic carbocycles. The molecule has 0 fully saturated rings. The van der Waals surface area contributed by atoms with Gasteiger partial charge in [-0.05, 0) is 0 Å². The molecule has 0 saturated heterocycles. The van der Waals surface area contributed by atoms with Crippen LogP contribution in [0.1, 0.15) is 0 Å². The number of ether oxygens (including phenoxy) is 2. The van der Waals surface area contributed by atoms with E-state index in [1.54, 1.807) is 24.3 Å². The van der Waals surface area contributed by atoms with Crippen molar-refractivity contribution in [2.24, 2.45) is 4.99 Å². The molecule has 0 aromatic heterocycles. The zero-order valence-corrected chi connectivity index (χ0v) is 9.90. The van der Waals surface area contributed by atoms with Crippen LogP contribution in [-0.4, -0.2) is 31.0 Å². The number of hydrogen-bond donors (Lipinski definition) is 0. The van der Waals surface area contributed by atoms with E-state index in [4.69, 9.17) is 4.74 Å². The Morgan fingerprint density at radius 1 is 1.31 bits per heavy atom. The Hall–Kier alpha value is -1.29. The van der Waals surface area contributed by atoms with Gasteiger partial charge in [0.15, 0.2) is 0 Å². The fraction of sp³-hybridized carbons (Fsp3) is 0.200. The molecule has 0 bridgehead atoms. The summed E-state index contributed by atoms with van der Waals surface area (Å²) < 4.78 is 9.48. The number of carbonyl (C=O) groups is 2. The summed E-state index contributed by atoms with van der Waals surface area (Å²) in [6.45, 7) is 0.834. The van der Waals surface area contributed by atoms with Crippen LogP contribution >= 0.6 is 0 Å². The van der Waals surface area contributed by atoms with Crippen LogP contribution in [0, 0.1) is 5.92 Å². The largest absolute Gasteiger partial charge is 0.448 e. The average Bonchev–Trinajstić information content (AvgIpc) is 2.88. The third kappa shape index (κ3) is 2.86. The van der Waals surface area contributed by atoms with Gasteiger partial charge in [-0.3, -0.25) is 4.79 Å². The molecule has 85 valence electrons. The molecule has 0 spiro atoms. The molecule has 16 heavy (non-hydrogen) atoms.